The number of hydrogen-bond donors (Lipinski definition) is 0. The number of hydrogen-bond acceptors (Lipinski definition) is 2. The van der Waals surface area contributed by atoms with Crippen molar-refractivity contribution in [3.8, 4) is 0 Å². The maximum absolute atomic E-state index is 13.1. The summed E-state index contributed by atoms with van der Waals surface area (Å²) >= 11 is 7.76. The van der Waals surface area contributed by atoms with Gasteiger partial charge in [0.2, 0.25) is 0 Å². The summed E-state index contributed by atoms with van der Waals surface area (Å²) < 4.78 is 78.5. The molecular weight excluding hydrogens is 452 g/mol. The van der Waals surface area contributed by atoms with Crippen LogP contribution in [0.3, 0.4) is 0 Å². The predicted molar refractivity (Wildman–Crippen MR) is 104 cm³/mol. The van der Waals surface area contributed by atoms with E-state index in [2.05, 4.69) is 0 Å². The largest absolute Gasteiger partial charge is 0.416 e. The summed E-state index contributed by atoms with van der Waals surface area (Å²) in [5, 5.41) is 0.547. The summed E-state index contributed by atoms with van der Waals surface area (Å²) in [4.78, 5) is 14.1. The zero-order valence-electron chi connectivity index (χ0n) is 15.4. The van der Waals surface area contributed by atoms with E-state index in [1.165, 1.54) is 4.90 Å². The minimum atomic E-state index is -5.00. The number of benzene rings is 2. The highest BCUT2D eigenvalue weighted by Crippen LogP contribution is 2.39. The SMILES string of the molecule is O=C(c1cc(C(F)(F)F)cc(C(F)(F)F)c1)N1CCSC(c2ccccc2Cl)CC1. The maximum atomic E-state index is 13.1. The van der Waals surface area contributed by atoms with Crippen molar-refractivity contribution in [2.75, 3.05) is 18.8 Å². The number of thioether (sulfide) groups is 1. The van der Waals surface area contributed by atoms with Gasteiger partial charge in [0.05, 0.1) is 11.1 Å². The highest BCUT2D eigenvalue weighted by molar-refractivity contribution is 7.99. The van der Waals surface area contributed by atoms with Gasteiger partial charge in [-0.1, -0.05) is 29.8 Å². The second-order valence-electron chi connectivity index (χ2n) is 6.76. The van der Waals surface area contributed by atoms with Gasteiger partial charge in [-0.25, -0.2) is 0 Å². The molecule has 1 heterocycles. The number of rotatable bonds is 2. The number of carbonyl (C=O) groups excluding carboxylic acids is 1. The molecule has 1 aliphatic heterocycles. The Hall–Kier alpha value is -1.87. The third-order valence-corrected chi connectivity index (χ3v) is 6.37. The minimum Gasteiger partial charge on any atom is -0.338 e. The number of alkyl halides is 6. The number of nitrogens with zero attached hydrogens (tertiary/aromatic N) is 1. The maximum Gasteiger partial charge on any atom is 0.416 e. The fraction of sp³-hybridized carbons (Fsp3) is 0.350. The van der Waals surface area contributed by atoms with Gasteiger partial charge in [-0.15, -0.1) is 0 Å². The van der Waals surface area contributed by atoms with Crippen molar-refractivity contribution in [2.24, 2.45) is 0 Å². The Morgan fingerprint density at radius 1 is 0.967 bits per heavy atom. The average Bonchev–Trinajstić information content (AvgIpc) is 2.92. The van der Waals surface area contributed by atoms with Crippen LogP contribution in [-0.4, -0.2) is 29.6 Å². The van der Waals surface area contributed by atoms with Crippen LogP contribution < -0.4 is 0 Å². The molecule has 1 aliphatic rings. The monoisotopic (exact) mass is 467 g/mol. The zero-order chi connectivity index (χ0) is 22.1. The first-order valence-electron chi connectivity index (χ1n) is 8.91. The Morgan fingerprint density at radius 2 is 1.57 bits per heavy atom. The fourth-order valence-electron chi connectivity index (χ4n) is 3.22. The van der Waals surface area contributed by atoms with Gasteiger partial charge < -0.3 is 4.90 Å². The predicted octanol–water partition coefficient (Wildman–Crippen LogP) is 6.70. The number of amides is 1. The number of halogens is 7. The molecule has 162 valence electrons. The first-order valence-corrected chi connectivity index (χ1v) is 10.3. The van der Waals surface area contributed by atoms with E-state index in [4.69, 9.17) is 11.6 Å². The van der Waals surface area contributed by atoms with Crippen LogP contribution in [0, 0.1) is 0 Å². The summed E-state index contributed by atoms with van der Waals surface area (Å²) in [5.74, 6) is -0.376. The third kappa shape index (κ3) is 5.24. The lowest BCUT2D eigenvalue weighted by atomic mass is 10.0. The highest BCUT2D eigenvalue weighted by Gasteiger charge is 2.38. The van der Waals surface area contributed by atoms with Gasteiger partial charge in [0.15, 0.2) is 0 Å². The van der Waals surface area contributed by atoms with Crippen LogP contribution in [0.4, 0.5) is 26.3 Å². The van der Waals surface area contributed by atoms with Crippen molar-refractivity contribution in [2.45, 2.75) is 24.0 Å². The van der Waals surface area contributed by atoms with Gasteiger partial charge in [-0.05, 0) is 36.2 Å². The van der Waals surface area contributed by atoms with E-state index in [1.54, 1.807) is 23.9 Å². The molecule has 0 saturated carbocycles. The summed E-state index contributed by atoms with van der Waals surface area (Å²) in [6.45, 7) is 0.404. The van der Waals surface area contributed by atoms with Crippen molar-refractivity contribution in [3.05, 3.63) is 69.7 Å². The molecule has 0 spiro atoms. The summed E-state index contributed by atoms with van der Waals surface area (Å²) in [6, 6.07) is 8.18. The van der Waals surface area contributed by atoms with Crippen molar-refractivity contribution in [1.82, 2.24) is 4.90 Å². The molecule has 1 unspecified atom stereocenters. The molecular formula is C20H16ClF6NOS. The third-order valence-electron chi connectivity index (χ3n) is 4.72. The summed E-state index contributed by atoms with van der Waals surface area (Å²) in [6.07, 6.45) is -9.52. The normalized spacial score (nSPS) is 18.2. The lowest BCUT2D eigenvalue weighted by Crippen LogP contribution is -2.33. The van der Waals surface area contributed by atoms with Crippen molar-refractivity contribution in [3.63, 3.8) is 0 Å². The molecule has 0 aromatic heterocycles. The van der Waals surface area contributed by atoms with Gasteiger partial charge in [0, 0.05) is 34.7 Å². The lowest BCUT2D eigenvalue weighted by Gasteiger charge is -2.22. The Morgan fingerprint density at radius 3 is 2.13 bits per heavy atom. The second-order valence-corrected chi connectivity index (χ2v) is 8.47. The van der Waals surface area contributed by atoms with Crippen LogP contribution in [0.2, 0.25) is 5.02 Å². The van der Waals surface area contributed by atoms with Crippen LogP contribution in [-0.2, 0) is 12.4 Å². The molecule has 0 radical (unpaired) electrons. The molecule has 2 aromatic rings. The Bertz CT molecular complexity index is 898. The molecule has 1 saturated heterocycles. The van der Waals surface area contributed by atoms with E-state index in [-0.39, 0.29) is 24.4 Å². The Kier molecular flexibility index (Phi) is 6.62. The number of carbonyl (C=O) groups is 1. The average molecular weight is 468 g/mol. The van der Waals surface area contributed by atoms with E-state index in [1.807, 2.05) is 12.1 Å². The lowest BCUT2D eigenvalue weighted by molar-refractivity contribution is -0.143. The second kappa shape index (κ2) is 8.70. The summed E-state index contributed by atoms with van der Waals surface area (Å²) in [5.41, 5.74) is -2.74. The van der Waals surface area contributed by atoms with Crippen molar-refractivity contribution >= 4 is 29.3 Å². The first-order chi connectivity index (χ1) is 14.0. The molecule has 0 N–H and O–H groups in total. The summed E-state index contributed by atoms with van der Waals surface area (Å²) in [7, 11) is 0. The topological polar surface area (TPSA) is 20.3 Å². The highest BCUT2D eigenvalue weighted by atomic mass is 35.5. The van der Waals surface area contributed by atoms with Crippen LogP contribution in [0.5, 0.6) is 0 Å². The van der Waals surface area contributed by atoms with Gasteiger partial charge in [-0.3, -0.25) is 4.79 Å². The molecule has 0 aliphatic carbocycles. The van der Waals surface area contributed by atoms with Crippen LogP contribution in [0.1, 0.15) is 38.7 Å². The molecule has 30 heavy (non-hydrogen) atoms. The van der Waals surface area contributed by atoms with Gasteiger partial charge in [0.25, 0.3) is 5.91 Å². The first kappa shape index (κ1) is 22.8. The molecule has 1 fully saturated rings. The zero-order valence-corrected chi connectivity index (χ0v) is 16.9. The standard InChI is InChI=1S/C20H16ClF6NOS/c21-16-4-2-1-3-15(16)17-5-6-28(7-8-30-17)18(29)12-9-13(19(22,23)24)11-14(10-12)20(25,26)27/h1-4,9-11,17H,5-8H2. The molecule has 2 nitrogen and oxygen atoms in total. The van der Waals surface area contributed by atoms with Crippen molar-refractivity contribution < 1.29 is 31.1 Å². The van der Waals surface area contributed by atoms with Gasteiger partial charge in [-0.2, -0.15) is 38.1 Å². The smallest absolute Gasteiger partial charge is 0.338 e. The van der Waals surface area contributed by atoms with E-state index in [0.717, 1.165) is 5.56 Å². The molecule has 0 bridgehead atoms. The van der Waals surface area contributed by atoms with Crippen molar-refractivity contribution in [1.29, 1.82) is 0 Å². The van der Waals surface area contributed by atoms with Crippen LogP contribution in [0.25, 0.3) is 0 Å². The molecule has 1 atom stereocenters. The molecule has 1 amide bonds. The molecule has 3 rings (SSSR count). The van der Waals surface area contributed by atoms with Crippen LogP contribution >= 0.6 is 23.4 Å². The Labute approximate surface area is 178 Å². The molecule has 2 aromatic carbocycles. The van der Waals surface area contributed by atoms with E-state index in [0.29, 0.717) is 29.3 Å². The molecule has 10 heteroatoms. The minimum absolute atomic E-state index is 0.0164. The van der Waals surface area contributed by atoms with E-state index < -0.39 is 35.0 Å². The Balaban J connectivity index is 1.85. The van der Waals surface area contributed by atoms with E-state index in [9.17, 15) is 31.1 Å². The van der Waals surface area contributed by atoms with Crippen LogP contribution in [0.15, 0.2) is 42.5 Å². The van der Waals surface area contributed by atoms with Gasteiger partial charge >= 0.3 is 12.4 Å². The van der Waals surface area contributed by atoms with E-state index >= 15 is 0 Å². The quantitative estimate of drug-likeness (QED) is 0.458. The fourth-order valence-corrected chi connectivity index (χ4v) is 4.82. The van der Waals surface area contributed by atoms with Gasteiger partial charge in [0.1, 0.15) is 0 Å².